The molecule has 0 aromatic rings. The average Bonchev–Trinajstić information content (AvgIpc) is 1.03. The zero-order chi connectivity index (χ0) is 104. The van der Waals surface area contributed by atoms with Crippen LogP contribution in [0, 0.1) is 0 Å². The van der Waals surface area contributed by atoms with Crippen molar-refractivity contribution in [2.75, 3.05) is 52.9 Å². The van der Waals surface area contributed by atoms with Crippen LogP contribution in [0.2, 0.25) is 0 Å². The third-order valence-corrected chi connectivity index (χ3v) is 25.5. The topological polar surface area (TPSA) is 523 Å². The molecule has 3 N–H and O–H groups in total. The van der Waals surface area contributed by atoms with Crippen molar-refractivity contribution in [2.45, 2.75) is 569 Å². The van der Waals surface area contributed by atoms with Crippen LogP contribution < -0.4 is 148 Å². The van der Waals surface area contributed by atoms with E-state index in [1.807, 2.05) is 0 Å². The molecule has 141 heavy (non-hydrogen) atoms. The predicted octanol–water partition coefficient (Wildman–Crippen LogP) is 13.1. The number of unbranched alkanes of at least 4 members (excludes halogenated alkanes) is 72. The monoisotopic (exact) mass is 2240 g/mol. The van der Waals surface area contributed by atoms with Crippen molar-refractivity contribution in [3.8, 4) is 0 Å². The molecule has 32 nitrogen and oxygen atoms in total. The first-order chi connectivity index (χ1) is 64.5. The summed E-state index contributed by atoms with van der Waals surface area (Å²) in [5, 5.41) is 0. The predicted molar refractivity (Wildman–Crippen MR) is 545 cm³/mol. The van der Waals surface area contributed by atoms with Crippen molar-refractivity contribution in [1.29, 1.82) is 0 Å². The Bertz CT molecular complexity index is 2670. The molecule has 0 aliphatic heterocycles. The normalized spacial score (nSPS) is 11.5. The summed E-state index contributed by atoms with van der Waals surface area (Å²) in [4.78, 5) is 0. The van der Waals surface area contributed by atoms with Gasteiger partial charge in [0.05, 0.1) is 52.9 Å². The molecule has 0 saturated heterocycles. The Labute approximate surface area is 978 Å². The second-order valence-corrected chi connectivity index (χ2v) is 43.9. The van der Waals surface area contributed by atoms with E-state index in [2.05, 4.69) is 88.9 Å². The molecule has 0 aromatic carbocycles. The smallest absolute Gasteiger partial charge is 0.726 e. The van der Waals surface area contributed by atoms with E-state index in [4.69, 9.17) is 13.7 Å². The van der Waals surface area contributed by atoms with Gasteiger partial charge in [-0.1, -0.05) is 518 Å². The van der Waals surface area contributed by atoms with Crippen molar-refractivity contribution in [3.05, 3.63) is 0 Å². The molecule has 0 fully saturated rings. The van der Waals surface area contributed by atoms with Crippen LogP contribution in [-0.2, 0) is 117 Å². The summed E-state index contributed by atoms with van der Waals surface area (Å²) >= 11 is 0. The number of hydrogen-bond donors (Lipinski definition) is 3. The molecule has 0 amide bonds. The van der Waals surface area contributed by atoms with Crippen molar-refractivity contribution >= 4 is 83.2 Å². The van der Waals surface area contributed by atoms with Gasteiger partial charge in [0, 0.05) is 0 Å². The quantitative estimate of drug-likeness (QED) is 0.0220. The van der Waals surface area contributed by atoms with Crippen LogP contribution in [0.3, 0.4) is 0 Å². The Balaban J connectivity index is -0.000000120. The first kappa shape index (κ1) is 173. The van der Waals surface area contributed by atoms with E-state index in [1.165, 1.54) is 360 Å². The first-order valence-electron chi connectivity index (χ1n) is 53.3. The zero-order valence-corrected chi connectivity index (χ0v) is 108. The fourth-order valence-corrected chi connectivity index (χ4v) is 16.6. The fourth-order valence-electron chi connectivity index (χ4n) is 14.0. The minimum atomic E-state index is -4.48. The molecule has 0 aliphatic rings. The molecule has 0 rings (SSSR count). The Morgan fingerprint density at radius 1 is 0.128 bits per heavy atom. The summed E-state index contributed by atoms with van der Waals surface area (Å²) < 4.78 is 271. The van der Waals surface area contributed by atoms with E-state index in [0.717, 1.165) is 103 Å². The van der Waals surface area contributed by atoms with Crippen molar-refractivity contribution in [1.82, 2.24) is 0 Å². The molecule has 0 heterocycles. The summed E-state index contributed by atoms with van der Waals surface area (Å²) in [6.07, 6.45) is 94.0. The Morgan fingerprint density at radius 3 is 0.255 bits per heavy atom. The van der Waals surface area contributed by atoms with E-state index >= 15 is 0 Å². The van der Waals surface area contributed by atoms with Gasteiger partial charge in [-0.15, -0.1) is 0 Å². The molecule has 0 unspecified atom stereocenters. The van der Waals surface area contributed by atoms with Gasteiger partial charge >= 0.3 is 179 Å². The third-order valence-electron chi connectivity index (χ3n) is 21.8. The zero-order valence-electron chi connectivity index (χ0n) is 91.7. The van der Waals surface area contributed by atoms with Crippen LogP contribution in [0.4, 0.5) is 0 Å². The van der Waals surface area contributed by atoms with E-state index < -0.39 is 83.2 Å². The van der Waals surface area contributed by atoms with Crippen LogP contribution >= 0.6 is 0 Å². The fraction of sp³-hybridized carbons (Fsp3) is 1.00. The van der Waals surface area contributed by atoms with Crippen molar-refractivity contribution in [3.63, 3.8) is 0 Å². The number of rotatable bonds is 96. The first-order valence-corrected chi connectivity index (χ1v) is 64.1. The molecule has 0 aliphatic carbocycles. The molecule has 0 saturated carbocycles. The summed E-state index contributed by atoms with van der Waals surface area (Å²) in [5.41, 5.74) is 0. The van der Waals surface area contributed by atoms with Crippen LogP contribution in [0.25, 0.3) is 0 Å². The van der Waals surface area contributed by atoms with E-state index in [0.29, 0.717) is 51.4 Å². The summed E-state index contributed by atoms with van der Waals surface area (Å²) in [6, 6.07) is 0. The van der Waals surface area contributed by atoms with Gasteiger partial charge in [0.25, 0.3) is 0 Å². The molecular weight excluding hydrogens is 2040 g/mol. The maximum absolute atomic E-state index is 10.2. The van der Waals surface area contributed by atoms with Gasteiger partial charge in [-0.25, -0.2) is 54.6 Å². The average molecular weight is 2240 g/mol. The van der Waals surface area contributed by atoms with Gasteiger partial charge in [0.1, 0.15) is 0 Å². The van der Waals surface area contributed by atoms with E-state index in [9.17, 15) is 90.1 Å². The van der Waals surface area contributed by atoms with Crippen LogP contribution in [-0.4, -0.2) is 157 Å². The maximum Gasteiger partial charge on any atom is 1.00 e. The Hall–Kier alpha value is 3.96. The molecule has 0 bridgehead atoms. The molecule has 0 spiro atoms. The van der Waals surface area contributed by atoms with Gasteiger partial charge in [-0.05, 0) is 51.4 Å². The maximum atomic E-state index is 10.2. The SMILES string of the molecule is CCCCCCCCCCCCOS(=O)(=O)O.CCCCCCCCCCCCOS(=O)(=O)O.CCCCCCCCCCCCOS(=O)(=O)O.CCCCCCCCCCCCOS(=O)(=O)[O-].CCCCCCCCCCCCOS(=O)(=O)[O-].CCCCCCCCCCCCOS(=O)(=O)[O-].CCCCCCCCCCCCOS(=O)(=O)[O-].CCCCCCCCCCCCOS(=O)(=O)[O-].[Na+].[Na+].[Na+].[Na+].[Na+]. The Morgan fingerprint density at radius 2 is 0.191 bits per heavy atom. The molecular formula is C96H203Na5O32S8. The standard InChI is InChI=1S/8C12H26O4S.5Na/c8*1-2-3-4-5-6-7-8-9-10-11-12-16-17(13,14)15;;;;;/h8*2-12H2,1H3,(H,13,14,15);;;;;/q;;;;;;;;5*+1/p-5. The van der Waals surface area contributed by atoms with Gasteiger partial charge in [-0.3, -0.25) is 34.6 Å². The minimum absolute atomic E-state index is 0. The molecule has 832 valence electrons. The third kappa shape index (κ3) is 216. The van der Waals surface area contributed by atoms with E-state index in [1.54, 1.807) is 0 Å². The van der Waals surface area contributed by atoms with E-state index in [-0.39, 0.29) is 201 Å². The number of hydrogen-bond acceptors (Lipinski definition) is 29. The van der Waals surface area contributed by atoms with Crippen molar-refractivity contribution < 1.29 is 285 Å². The summed E-state index contributed by atoms with van der Waals surface area (Å²) in [6.45, 7) is 18.1. The van der Waals surface area contributed by atoms with Gasteiger partial charge < -0.3 is 22.8 Å². The van der Waals surface area contributed by atoms with Crippen LogP contribution in [0.5, 0.6) is 0 Å². The van der Waals surface area contributed by atoms with Gasteiger partial charge in [-0.2, -0.15) is 25.3 Å². The minimum Gasteiger partial charge on any atom is -0.726 e. The van der Waals surface area contributed by atoms with Gasteiger partial charge in [0.2, 0.25) is 52.0 Å². The van der Waals surface area contributed by atoms with Crippen LogP contribution in [0.15, 0.2) is 0 Å². The van der Waals surface area contributed by atoms with Gasteiger partial charge in [0.15, 0.2) is 0 Å². The molecule has 0 radical (unpaired) electrons. The Kier molecular flexibility index (Phi) is 164. The molecule has 0 aromatic heterocycles. The summed E-state index contributed by atoms with van der Waals surface area (Å²) in [5.74, 6) is 0. The molecule has 45 heteroatoms. The van der Waals surface area contributed by atoms with Crippen LogP contribution in [0.1, 0.15) is 569 Å². The van der Waals surface area contributed by atoms with Crippen molar-refractivity contribution in [2.24, 2.45) is 0 Å². The summed E-state index contributed by atoms with van der Waals surface area (Å²) in [7, 11) is -35.1. The second kappa shape index (κ2) is 134. The largest absolute Gasteiger partial charge is 1.00 e. The molecule has 0 atom stereocenters. The second-order valence-electron chi connectivity index (χ2n) is 35.4.